The van der Waals surface area contributed by atoms with E-state index in [2.05, 4.69) is 10.3 Å². The molecule has 2 heterocycles. The Kier molecular flexibility index (Phi) is 3.87. The molecule has 2 aromatic rings. The van der Waals surface area contributed by atoms with Gasteiger partial charge < -0.3 is 19.4 Å². The van der Waals surface area contributed by atoms with Crippen LogP contribution in [0.25, 0.3) is 0 Å². The van der Waals surface area contributed by atoms with E-state index < -0.39 is 0 Å². The van der Waals surface area contributed by atoms with Gasteiger partial charge in [0.2, 0.25) is 0 Å². The van der Waals surface area contributed by atoms with Crippen LogP contribution >= 0.6 is 0 Å². The molecule has 0 spiro atoms. The normalized spacial score (nSPS) is 17.1. The maximum Gasteiger partial charge on any atom is 0.255 e. The summed E-state index contributed by atoms with van der Waals surface area (Å²) < 4.78 is 12.9. The second-order valence-corrected chi connectivity index (χ2v) is 4.84. The van der Waals surface area contributed by atoms with Crippen molar-refractivity contribution in [1.29, 1.82) is 0 Å². The van der Waals surface area contributed by atoms with Gasteiger partial charge in [0.15, 0.2) is 0 Å². The van der Waals surface area contributed by atoms with Crippen molar-refractivity contribution in [3.05, 3.63) is 48.0 Å². The first-order chi connectivity index (χ1) is 10.3. The van der Waals surface area contributed by atoms with Gasteiger partial charge in [-0.3, -0.25) is 4.79 Å². The van der Waals surface area contributed by atoms with E-state index in [1.807, 2.05) is 22.9 Å². The maximum atomic E-state index is 12.2. The Labute approximate surface area is 122 Å². The fourth-order valence-corrected chi connectivity index (χ4v) is 2.37. The number of carbonyl (C=O) groups is 1. The second-order valence-electron chi connectivity index (χ2n) is 4.84. The molecule has 0 saturated heterocycles. The highest BCUT2D eigenvalue weighted by atomic mass is 16.5. The van der Waals surface area contributed by atoms with E-state index >= 15 is 0 Å². The maximum absolute atomic E-state index is 12.2. The molecule has 0 saturated carbocycles. The number of ether oxygens (including phenoxy) is 2. The molecule has 21 heavy (non-hydrogen) atoms. The number of imidazole rings is 1. The number of aromatic nitrogens is 2. The van der Waals surface area contributed by atoms with Crippen molar-refractivity contribution in [3.8, 4) is 5.75 Å². The van der Waals surface area contributed by atoms with Gasteiger partial charge in [0.05, 0.1) is 25.3 Å². The van der Waals surface area contributed by atoms with Crippen LogP contribution in [0.4, 0.5) is 0 Å². The molecule has 6 nitrogen and oxygen atoms in total. The van der Waals surface area contributed by atoms with Gasteiger partial charge in [-0.1, -0.05) is 12.1 Å². The number of hydrogen-bond donors (Lipinski definition) is 1. The quantitative estimate of drug-likeness (QED) is 0.918. The summed E-state index contributed by atoms with van der Waals surface area (Å²) in [7, 11) is 1.55. The summed E-state index contributed by atoms with van der Waals surface area (Å²) in [6.07, 6.45) is 3.63. The summed E-state index contributed by atoms with van der Waals surface area (Å²) >= 11 is 0. The number of hydrogen-bond acceptors (Lipinski definition) is 4. The SMILES string of the molecule is COc1ccccc1C(=O)NCC1Cn2ccnc2CO1. The molecule has 1 amide bonds. The predicted octanol–water partition coefficient (Wildman–Crippen LogP) is 1.22. The fraction of sp³-hybridized carbons (Fsp3) is 0.333. The average Bonchev–Trinajstić information content (AvgIpc) is 3.00. The highest BCUT2D eigenvalue weighted by Crippen LogP contribution is 2.17. The van der Waals surface area contributed by atoms with Crippen LogP contribution in [-0.2, 0) is 17.9 Å². The lowest BCUT2D eigenvalue weighted by molar-refractivity contribution is 0.00326. The molecule has 1 N–H and O–H groups in total. The molecule has 110 valence electrons. The van der Waals surface area contributed by atoms with Gasteiger partial charge >= 0.3 is 0 Å². The Morgan fingerprint density at radius 3 is 3.24 bits per heavy atom. The predicted molar refractivity (Wildman–Crippen MR) is 76.1 cm³/mol. The molecule has 1 atom stereocenters. The molecule has 3 rings (SSSR count). The van der Waals surface area contributed by atoms with E-state index in [-0.39, 0.29) is 12.0 Å². The first kappa shape index (κ1) is 13.6. The van der Waals surface area contributed by atoms with Crippen LogP contribution in [0.1, 0.15) is 16.2 Å². The number of para-hydroxylation sites is 1. The van der Waals surface area contributed by atoms with Crippen molar-refractivity contribution in [2.75, 3.05) is 13.7 Å². The summed E-state index contributed by atoms with van der Waals surface area (Å²) in [4.78, 5) is 16.4. The Bertz CT molecular complexity index is 639. The second kappa shape index (κ2) is 5.97. The number of nitrogens with one attached hydrogen (secondary N) is 1. The molecule has 1 aliphatic rings. The third-order valence-electron chi connectivity index (χ3n) is 3.49. The summed E-state index contributed by atoms with van der Waals surface area (Å²) in [5, 5.41) is 2.89. The van der Waals surface area contributed by atoms with Gasteiger partial charge in [-0.05, 0) is 12.1 Å². The van der Waals surface area contributed by atoms with Gasteiger partial charge in [-0.25, -0.2) is 4.98 Å². The van der Waals surface area contributed by atoms with Crippen LogP contribution in [0.5, 0.6) is 5.75 Å². The van der Waals surface area contributed by atoms with Crippen molar-refractivity contribution < 1.29 is 14.3 Å². The van der Waals surface area contributed by atoms with Crippen LogP contribution in [0.2, 0.25) is 0 Å². The zero-order chi connectivity index (χ0) is 14.7. The van der Waals surface area contributed by atoms with Crippen molar-refractivity contribution in [2.24, 2.45) is 0 Å². The lowest BCUT2D eigenvalue weighted by Gasteiger charge is -2.24. The van der Waals surface area contributed by atoms with E-state index in [9.17, 15) is 4.79 Å². The van der Waals surface area contributed by atoms with Gasteiger partial charge in [0.1, 0.15) is 18.2 Å². The highest BCUT2D eigenvalue weighted by Gasteiger charge is 2.20. The lowest BCUT2D eigenvalue weighted by Crippen LogP contribution is -2.38. The van der Waals surface area contributed by atoms with Gasteiger partial charge in [0.25, 0.3) is 5.91 Å². The van der Waals surface area contributed by atoms with Crippen molar-refractivity contribution in [1.82, 2.24) is 14.9 Å². The van der Waals surface area contributed by atoms with Gasteiger partial charge in [-0.2, -0.15) is 0 Å². The third-order valence-corrected chi connectivity index (χ3v) is 3.49. The number of methoxy groups -OCH3 is 1. The minimum Gasteiger partial charge on any atom is -0.496 e. The number of amides is 1. The van der Waals surface area contributed by atoms with Gasteiger partial charge in [0, 0.05) is 18.9 Å². The first-order valence-electron chi connectivity index (χ1n) is 6.81. The van der Waals surface area contributed by atoms with E-state index in [0.29, 0.717) is 31.0 Å². The minimum atomic E-state index is -0.160. The molecule has 0 radical (unpaired) electrons. The standard InChI is InChI=1S/C15H17N3O3/c1-20-13-5-3-2-4-12(13)15(19)17-8-11-9-18-7-6-16-14(18)10-21-11/h2-7,11H,8-10H2,1H3,(H,17,19). The van der Waals surface area contributed by atoms with Crippen molar-refractivity contribution in [3.63, 3.8) is 0 Å². The highest BCUT2D eigenvalue weighted by molar-refractivity contribution is 5.96. The molecular formula is C15H17N3O3. The smallest absolute Gasteiger partial charge is 0.255 e. The monoisotopic (exact) mass is 287 g/mol. The topological polar surface area (TPSA) is 65.4 Å². The van der Waals surface area contributed by atoms with E-state index in [1.165, 1.54) is 0 Å². The van der Waals surface area contributed by atoms with Crippen LogP contribution in [-0.4, -0.2) is 35.2 Å². The molecule has 1 aliphatic heterocycles. The summed E-state index contributed by atoms with van der Waals surface area (Å²) in [5.41, 5.74) is 0.527. The number of rotatable bonds is 4. The molecule has 0 bridgehead atoms. The van der Waals surface area contributed by atoms with E-state index in [4.69, 9.17) is 9.47 Å². The summed E-state index contributed by atoms with van der Waals surface area (Å²) in [6.45, 7) is 1.62. The van der Waals surface area contributed by atoms with Crippen molar-refractivity contribution in [2.45, 2.75) is 19.3 Å². The van der Waals surface area contributed by atoms with Crippen molar-refractivity contribution >= 4 is 5.91 Å². The van der Waals surface area contributed by atoms with E-state index in [0.717, 1.165) is 5.82 Å². The first-order valence-corrected chi connectivity index (χ1v) is 6.81. The molecule has 1 aromatic carbocycles. The lowest BCUT2D eigenvalue weighted by atomic mass is 10.2. The number of fused-ring (bicyclic) bond motifs is 1. The summed E-state index contributed by atoms with van der Waals surface area (Å²) in [5.74, 6) is 1.33. The molecule has 1 aromatic heterocycles. The molecule has 6 heteroatoms. The Balaban J connectivity index is 1.59. The molecular weight excluding hydrogens is 270 g/mol. The summed E-state index contributed by atoms with van der Waals surface area (Å²) in [6, 6.07) is 7.15. The number of benzene rings is 1. The van der Waals surface area contributed by atoms with Crippen LogP contribution in [0.15, 0.2) is 36.7 Å². The van der Waals surface area contributed by atoms with Crippen LogP contribution in [0.3, 0.4) is 0 Å². The van der Waals surface area contributed by atoms with E-state index in [1.54, 1.807) is 25.4 Å². The van der Waals surface area contributed by atoms with Crippen LogP contribution in [0, 0.1) is 0 Å². The largest absolute Gasteiger partial charge is 0.496 e. The Hall–Kier alpha value is -2.34. The number of carbonyl (C=O) groups excluding carboxylic acids is 1. The fourth-order valence-electron chi connectivity index (χ4n) is 2.37. The third kappa shape index (κ3) is 2.90. The minimum absolute atomic E-state index is 0.0506. The molecule has 0 fully saturated rings. The zero-order valence-electron chi connectivity index (χ0n) is 11.8. The van der Waals surface area contributed by atoms with Gasteiger partial charge in [-0.15, -0.1) is 0 Å². The Morgan fingerprint density at radius 1 is 1.52 bits per heavy atom. The van der Waals surface area contributed by atoms with Crippen LogP contribution < -0.4 is 10.1 Å². The number of nitrogens with zero attached hydrogens (tertiary/aromatic N) is 2. The zero-order valence-corrected chi connectivity index (χ0v) is 11.8. The molecule has 1 unspecified atom stereocenters. The molecule has 0 aliphatic carbocycles. The average molecular weight is 287 g/mol. The Morgan fingerprint density at radius 2 is 2.38 bits per heavy atom.